The van der Waals surface area contributed by atoms with Crippen LogP contribution in [0, 0.1) is 5.92 Å². The molecule has 1 aliphatic heterocycles. The zero-order valence-electron chi connectivity index (χ0n) is 16.1. The summed E-state index contributed by atoms with van der Waals surface area (Å²) in [6.07, 6.45) is 3.01. The molecule has 1 aliphatic rings. The summed E-state index contributed by atoms with van der Waals surface area (Å²) in [7, 11) is -1.37. The van der Waals surface area contributed by atoms with Crippen molar-refractivity contribution in [2.75, 3.05) is 0 Å². The molecule has 1 heterocycles. The predicted molar refractivity (Wildman–Crippen MR) is 111 cm³/mol. The molecule has 0 bridgehead atoms. The van der Waals surface area contributed by atoms with Crippen LogP contribution in [-0.2, 0) is 6.42 Å². The Morgan fingerprint density at radius 1 is 1.08 bits per heavy atom. The standard InChI is InChI=1S/C21H32N2Si/c1-8-13-24(6,7)19-11-9-18(10-12-19)14-20-16(4)23-21(15(2)3)17(5)22-20/h8-12,15,20-21H,1,13-14H2,2-7H3. The smallest absolute Gasteiger partial charge is 0.0913 e. The summed E-state index contributed by atoms with van der Waals surface area (Å²) >= 11 is 0. The Bertz CT molecular complexity index is 638. The summed E-state index contributed by atoms with van der Waals surface area (Å²) in [6, 6.07) is 10.8. The van der Waals surface area contributed by atoms with Crippen LogP contribution in [0.3, 0.4) is 0 Å². The highest BCUT2D eigenvalue weighted by Gasteiger charge is 2.25. The minimum atomic E-state index is -1.37. The average molecular weight is 341 g/mol. The second-order valence-corrected chi connectivity index (χ2v) is 12.8. The summed E-state index contributed by atoms with van der Waals surface area (Å²) in [6.45, 7) is 17.4. The van der Waals surface area contributed by atoms with E-state index < -0.39 is 8.07 Å². The molecule has 0 N–H and O–H groups in total. The zero-order valence-corrected chi connectivity index (χ0v) is 17.1. The fourth-order valence-electron chi connectivity index (χ4n) is 3.43. The van der Waals surface area contributed by atoms with Crippen molar-refractivity contribution < 1.29 is 0 Å². The van der Waals surface area contributed by atoms with Crippen LogP contribution in [0.25, 0.3) is 0 Å². The van der Waals surface area contributed by atoms with Crippen LogP contribution in [0.1, 0.15) is 33.3 Å². The SMILES string of the molecule is C=CC[Si](C)(C)c1ccc(CC2N=C(C)C(C(C)C)N=C2C)cc1. The first-order valence-electron chi connectivity index (χ1n) is 9.03. The maximum atomic E-state index is 4.94. The fraction of sp³-hybridized carbons (Fsp3) is 0.524. The molecule has 2 rings (SSSR count). The van der Waals surface area contributed by atoms with E-state index in [-0.39, 0.29) is 12.1 Å². The van der Waals surface area contributed by atoms with Gasteiger partial charge in [0.05, 0.1) is 20.2 Å². The van der Waals surface area contributed by atoms with Gasteiger partial charge in [0.25, 0.3) is 0 Å². The molecule has 0 radical (unpaired) electrons. The minimum Gasteiger partial charge on any atom is -0.283 e. The van der Waals surface area contributed by atoms with Crippen LogP contribution < -0.4 is 5.19 Å². The number of hydrogen-bond donors (Lipinski definition) is 0. The molecule has 0 saturated carbocycles. The van der Waals surface area contributed by atoms with Crippen molar-refractivity contribution in [1.82, 2.24) is 0 Å². The van der Waals surface area contributed by atoms with Crippen LogP contribution in [0.4, 0.5) is 0 Å². The van der Waals surface area contributed by atoms with Gasteiger partial charge < -0.3 is 0 Å². The fourth-order valence-corrected chi connectivity index (χ4v) is 5.46. The minimum absolute atomic E-state index is 0.198. The van der Waals surface area contributed by atoms with Gasteiger partial charge in [0, 0.05) is 17.8 Å². The highest BCUT2D eigenvalue weighted by molar-refractivity contribution is 6.90. The molecule has 3 heteroatoms. The van der Waals surface area contributed by atoms with Gasteiger partial charge in [0.1, 0.15) is 0 Å². The van der Waals surface area contributed by atoms with Gasteiger partial charge in [0.15, 0.2) is 0 Å². The van der Waals surface area contributed by atoms with Gasteiger partial charge >= 0.3 is 0 Å². The lowest BCUT2D eigenvalue weighted by molar-refractivity contribution is 0.580. The van der Waals surface area contributed by atoms with Crippen molar-refractivity contribution in [2.45, 2.75) is 65.3 Å². The van der Waals surface area contributed by atoms with Crippen LogP contribution in [-0.4, -0.2) is 31.6 Å². The molecule has 130 valence electrons. The molecule has 2 nitrogen and oxygen atoms in total. The number of aliphatic imine (C=N–C) groups is 2. The first kappa shape index (κ1) is 18.8. The highest BCUT2D eigenvalue weighted by atomic mass is 28.3. The van der Waals surface area contributed by atoms with Crippen LogP contribution in [0.5, 0.6) is 0 Å². The molecular formula is C21H32N2Si. The number of allylic oxidation sites excluding steroid dienone is 1. The number of rotatable bonds is 6. The third-order valence-electron chi connectivity index (χ3n) is 5.06. The summed E-state index contributed by atoms with van der Waals surface area (Å²) < 4.78 is 0. The van der Waals surface area contributed by atoms with Crippen molar-refractivity contribution in [3.8, 4) is 0 Å². The number of benzene rings is 1. The predicted octanol–water partition coefficient (Wildman–Crippen LogP) is 4.66. The highest BCUT2D eigenvalue weighted by Crippen LogP contribution is 2.19. The number of nitrogens with zero attached hydrogens (tertiary/aromatic N) is 2. The lowest BCUT2D eigenvalue weighted by Crippen LogP contribution is -2.40. The first-order chi connectivity index (χ1) is 11.2. The molecule has 0 spiro atoms. The Balaban J connectivity index is 2.12. The van der Waals surface area contributed by atoms with Gasteiger partial charge in [-0.1, -0.05) is 62.5 Å². The Morgan fingerprint density at radius 3 is 2.25 bits per heavy atom. The Labute approximate surface area is 148 Å². The summed E-state index contributed by atoms with van der Waals surface area (Å²) in [5.41, 5.74) is 3.70. The average Bonchev–Trinajstić information content (AvgIpc) is 2.51. The van der Waals surface area contributed by atoms with Crippen molar-refractivity contribution >= 4 is 24.7 Å². The molecule has 0 aromatic heterocycles. The zero-order chi connectivity index (χ0) is 17.9. The topological polar surface area (TPSA) is 24.7 Å². The van der Waals surface area contributed by atoms with Crippen LogP contribution >= 0.6 is 0 Å². The maximum absolute atomic E-state index is 4.94. The van der Waals surface area contributed by atoms with Crippen molar-refractivity contribution in [3.63, 3.8) is 0 Å². The van der Waals surface area contributed by atoms with E-state index in [1.54, 1.807) is 0 Å². The van der Waals surface area contributed by atoms with Crippen molar-refractivity contribution in [1.29, 1.82) is 0 Å². The van der Waals surface area contributed by atoms with E-state index in [2.05, 4.69) is 77.7 Å². The van der Waals surface area contributed by atoms with Gasteiger partial charge in [-0.25, -0.2) is 0 Å². The molecule has 1 aromatic carbocycles. The molecule has 24 heavy (non-hydrogen) atoms. The summed E-state index contributed by atoms with van der Waals surface area (Å²) in [5, 5.41) is 1.50. The Morgan fingerprint density at radius 2 is 1.71 bits per heavy atom. The molecular weight excluding hydrogens is 308 g/mol. The monoisotopic (exact) mass is 340 g/mol. The van der Waals surface area contributed by atoms with E-state index in [4.69, 9.17) is 9.98 Å². The van der Waals surface area contributed by atoms with Crippen molar-refractivity contribution in [3.05, 3.63) is 42.5 Å². The second kappa shape index (κ2) is 7.60. The van der Waals surface area contributed by atoms with Gasteiger partial charge in [-0.15, -0.1) is 6.58 Å². The van der Waals surface area contributed by atoms with E-state index in [9.17, 15) is 0 Å². The Kier molecular flexibility index (Phi) is 5.97. The van der Waals surface area contributed by atoms with Gasteiger partial charge in [-0.05, 0) is 31.4 Å². The first-order valence-corrected chi connectivity index (χ1v) is 12.2. The van der Waals surface area contributed by atoms with E-state index in [0.717, 1.165) is 12.5 Å². The third-order valence-corrected chi connectivity index (χ3v) is 8.27. The Hall–Kier alpha value is -1.48. The quantitative estimate of drug-likeness (QED) is 0.531. The van der Waals surface area contributed by atoms with E-state index >= 15 is 0 Å². The molecule has 0 saturated heterocycles. The summed E-state index contributed by atoms with van der Waals surface area (Å²) in [4.78, 5) is 9.85. The van der Waals surface area contributed by atoms with Crippen molar-refractivity contribution in [2.24, 2.45) is 15.9 Å². The second-order valence-electron chi connectivity index (χ2n) is 8.02. The van der Waals surface area contributed by atoms with E-state index in [0.29, 0.717) is 5.92 Å². The lowest BCUT2D eigenvalue weighted by atomic mass is 9.95. The van der Waals surface area contributed by atoms with Crippen LogP contribution in [0.2, 0.25) is 19.1 Å². The third kappa shape index (κ3) is 4.32. The maximum Gasteiger partial charge on any atom is 0.0913 e. The molecule has 1 aromatic rings. The van der Waals surface area contributed by atoms with Crippen LogP contribution in [0.15, 0.2) is 46.9 Å². The van der Waals surface area contributed by atoms with Gasteiger partial charge in [-0.2, -0.15) is 0 Å². The normalized spacial score (nSPS) is 21.5. The van der Waals surface area contributed by atoms with Gasteiger partial charge in [0.2, 0.25) is 0 Å². The number of hydrogen-bond acceptors (Lipinski definition) is 2. The molecule has 2 unspecified atom stereocenters. The van der Waals surface area contributed by atoms with Gasteiger partial charge in [-0.3, -0.25) is 9.98 Å². The molecule has 0 aliphatic carbocycles. The van der Waals surface area contributed by atoms with E-state index in [1.807, 2.05) is 0 Å². The molecule has 2 atom stereocenters. The largest absolute Gasteiger partial charge is 0.283 e. The van der Waals surface area contributed by atoms with E-state index in [1.165, 1.54) is 22.2 Å². The molecule has 0 amide bonds. The summed E-state index contributed by atoms with van der Waals surface area (Å²) in [5.74, 6) is 0.515. The lowest BCUT2D eigenvalue weighted by Gasteiger charge is -2.27. The molecule has 0 fully saturated rings.